The molecule has 0 radical (unpaired) electrons. The minimum Gasteiger partial charge on any atom is -0.493 e. The van der Waals surface area contributed by atoms with E-state index < -0.39 is 5.82 Å². The minimum absolute atomic E-state index is 0.0142. The number of nitrogens with zero attached hydrogens (tertiary/aromatic N) is 3. The Morgan fingerprint density at radius 3 is 2.78 bits per heavy atom. The summed E-state index contributed by atoms with van der Waals surface area (Å²) in [5, 5.41) is 4.12. The van der Waals surface area contributed by atoms with Crippen molar-refractivity contribution in [2.45, 2.75) is 38.8 Å². The van der Waals surface area contributed by atoms with E-state index >= 15 is 0 Å². The molecule has 4 rings (SSSR count). The summed E-state index contributed by atoms with van der Waals surface area (Å²) in [5.74, 6) is 1.27. The average molecular weight is 460 g/mol. The molecule has 0 spiro atoms. The topological polar surface area (TPSA) is 77.7 Å². The van der Waals surface area contributed by atoms with Crippen molar-refractivity contribution in [1.29, 1.82) is 0 Å². The van der Waals surface area contributed by atoms with E-state index in [4.69, 9.17) is 25.6 Å². The van der Waals surface area contributed by atoms with Crippen molar-refractivity contribution in [1.82, 2.24) is 15.0 Å². The van der Waals surface area contributed by atoms with E-state index in [0.717, 1.165) is 11.1 Å². The highest BCUT2D eigenvalue weighted by molar-refractivity contribution is 6.30. The van der Waals surface area contributed by atoms with Gasteiger partial charge in [0.05, 0.1) is 24.2 Å². The van der Waals surface area contributed by atoms with Crippen LogP contribution in [-0.2, 0) is 11.3 Å². The fourth-order valence-electron chi connectivity index (χ4n) is 3.63. The van der Waals surface area contributed by atoms with Gasteiger partial charge in [-0.1, -0.05) is 22.8 Å². The third-order valence-electron chi connectivity index (χ3n) is 5.15. The van der Waals surface area contributed by atoms with Gasteiger partial charge in [0.15, 0.2) is 11.5 Å². The maximum absolute atomic E-state index is 13.4. The number of hydrogen-bond donors (Lipinski definition) is 0. The number of benzene rings is 2. The summed E-state index contributed by atoms with van der Waals surface area (Å²) in [7, 11) is 1.57. The third-order valence-corrected chi connectivity index (χ3v) is 5.44. The molecule has 1 saturated heterocycles. The summed E-state index contributed by atoms with van der Waals surface area (Å²) in [4.78, 5) is 18.7. The molecule has 3 aromatic rings. The van der Waals surface area contributed by atoms with E-state index in [2.05, 4.69) is 10.1 Å². The van der Waals surface area contributed by atoms with Crippen LogP contribution < -0.4 is 9.47 Å². The smallest absolute Gasteiger partial charge is 0.232 e. The Hall–Kier alpha value is -3.13. The van der Waals surface area contributed by atoms with Gasteiger partial charge in [-0.05, 0) is 49.7 Å². The fourth-order valence-corrected chi connectivity index (χ4v) is 3.83. The molecule has 168 valence electrons. The standard InChI is InChI=1S/C23H23ClFN3O4/c1-13(2)31-19-7-5-15(9-20(19)30-3)22-26-23(32-27-22)16-10-21(29)28(12-16)11-14-4-6-18(25)17(24)8-14/h4-9,13,16H,10-12H2,1-3H3. The summed E-state index contributed by atoms with van der Waals surface area (Å²) in [5.41, 5.74) is 1.47. The number of carbonyl (C=O) groups is 1. The third kappa shape index (κ3) is 4.70. The molecule has 9 heteroatoms. The van der Waals surface area contributed by atoms with E-state index in [9.17, 15) is 9.18 Å². The van der Waals surface area contributed by atoms with Gasteiger partial charge in [0.2, 0.25) is 17.6 Å². The quantitative estimate of drug-likeness (QED) is 0.503. The molecular formula is C23H23ClFN3O4. The lowest BCUT2D eigenvalue weighted by Crippen LogP contribution is -2.24. The highest BCUT2D eigenvalue weighted by Crippen LogP contribution is 2.34. The number of halogens is 2. The Morgan fingerprint density at radius 2 is 2.06 bits per heavy atom. The average Bonchev–Trinajstić information content (AvgIpc) is 3.38. The van der Waals surface area contributed by atoms with E-state index in [0.29, 0.717) is 36.3 Å². The van der Waals surface area contributed by atoms with Crippen molar-refractivity contribution in [3.05, 3.63) is 58.7 Å². The van der Waals surface area contributed by atoms with Gasteiger partial charge in [0, 0.05) is 25.1 Å². The van der Waals surface area contributed by atoms with Gasteiger partial charge in [-0.15, -0.1) is 0 Å². The molecule has 32 heavy (non-hydrogen) atoms. The number of amides is 1. The maximum Gasteiger partial charge on any atom is 0.232 e. The van der Waals surface area contributed by atoms with Crippen LogP contribution in [0.2, 0.25) is 5.02 Å². The molecule has 1 atom stereocenters. The molecular weight excluding hydrogens is 437 g/mol. The predicted octanol–water partition coefficient (Wildman–Crippen LogP) is 4.84. The van der Waals surface area contributed by atoms with Crippen LogP contribution >= 0.6 is 11.6 Å². The molecule has 1 unspecified atom stereocenters. The molecule has 1 amide bonds. The molecule has 0 bridgehead atoms. The lowest BCUT2D eigenvalue weighted by Gasteiger charge is -2.16. The number of aromatic nitrogens is 2. The van der Waals surface area contributed by atoms with Crippen molar-refractivity contribution in [3.8, 4) is 22.9 Å². The first-order valence-electron chi connectivity index (χ1n) is 10.2. The van der Waals surface area contributed by atoms with E-state index in [-0.39, 0.29) is 29.4 Å². The minimum atomic E-state index is -0.486. The molecule has 0 aliphatic carbocycles. The number of rotatable bonds is 7. The van der Waals surface area contributed by atoms with Crippen LogP contribution in [0.1, 0.15) is 37.6 Å². The lowest BCUT2D eigenvalue weighted by atomic mass is 10.1. The second kappa shape index (κ2) is 9.16. The molecule has 1 aliphatic rings. The highest BCUT2D eigenvalue weighted by atomic mass is 35.5. The summed E-state index contributed by atoms with van der Waals surface area (Å²) in [6, 6.07) is 9.87. The van der Waals surface area contributed by atoms with Crippen molar-refractivity contribution < 1.29 is 23.2 Å². The van der Waals surface area contributed by atoms with Crippen LogP contribution in [0.25, 0.3) is 11.4 Å². The number of carbonyl (C=O) groups excluding carboxylic acids is 1. The summed E-state index contributed by atoms with van der Waals surface area (Å²) < 4.78 is 30.0. The second-order valence-electron chi connectivity index (χ2n) is 7.91. The SMILES string of the molecule is COc1cc(-c2noc(C3CC(=O)N(Cc4ccc(F)c(Cl)c4)C3)n2)ccc1OC(C)C. The van der Waals surface area contributed by atoms with Gasteiger partial charge in [-0.25, -0.2) is 4.39 Å². The zero-order chi connectivity index (χ0) is 22.8. The van der Waals surface area contributed by atoms with Crippen LogP contribution in [0.5, 0.6) is 11.5 Å². The first-order chi connectivity index (χ1) is 15.3. The van der Waals surface area contributed by atoms with Gasteiger partial charge >= 0.3 is 0 Å². The fraction of sp³-hybridized carbons (Fsp3) is 0.348. The maximum atomic E-state index is 13.4. The first-order valence-corrected chi connectivity index (χ1v) is 10.6. The predicted molar refractivity (Wildman–Crippen MR) is 116 cm³/mol. The van der Waals surface area contributed by atoms with Crippen molar-refractivity contribution in [2.75, 3.05) is 13.7 Å². The summed E-state index contributed by atoms with van der Waals surface area (Å²) in [6.45, 7) is 4.65. The second-order valence-corrected chi connectivity index (χ2v) is 8.32. The van der Waals surface area contributed by atoms with E-state index in [1.807, 2.05) is 19.9 Å². The van der Waals surface area contributed by atoms with Crippen molar-refractivity contribution in [2.24, 2.45) is 0 Å². The molecule has 1 fully saturated rings. The molecule has 1 aliphatic heterocycles. The number of hydrogen-bond acceptors (Lipinski definition) is 6. The van der Waals surface area contributed by atoms with Crippen LogP contribution in [0, 0.1) is 5.82 Å². The lowest BCUT2D eigenvalue weighted by molar-refractivity contribution is -0.128. The first kappa shape index (κ1) is 22.1. The van der Waals surface area contributed by atoms with Gasteiger partial charge in [-0.3, -0.25) is 4.79 Å². The Morgan fingerprint density at radius 1 is 1.25 bits per heavy atom. The zero-order valence-electron chi connectivity index (χ0n) is 18.0. The molecule has 1 aromatic heterocycles. The molecule has 0 saturated carbocycles. The Kier molecular flexibility index (Phi) is 6.32. The van der Waals surface area contributed by atoms with E-state index in [1.54, 1.807) is 30.2 Å². The van der Waals surface area contributed by atoms with Gasteiger partial charge in [0.25, 0.3) is 0 Å². The Labute approximate surface area is 190 Å². The van der Waals surface area contributed by atoms with Gasteiger partial charge in [0.1, 0.15) is 5.82 Å². The van der Waals surface area contributed by atoms with E-state index in [1.165, 1.54) is 12.1 Å². The van der Waals surface area contributed by atoms with Crippen LogP contribution in [-0.4, -0.2) is 40.7 Å². The number of ether oxygens (including phenoxy) is 2. The zero-order valence-corrected chi connectivity index (χ0v) is 18.7. The summed E-state index contributed by atoms with van der Waals surface area (Å²) in [6.07, 6.45) is 0.279. The number of methoxy groups -OCH3 is 1. The number of likely N-dealkylation sites (tertiary alicyclic amines) is 1. The van der Waals surface area contributed by atoms with Crippen LogP contribution in [0.3, 0.4) is 0 Å². The summed E-state index contributed by atoms with van der Waals surface area (Å²) >= 11 is 5.85. The van der Waals surface area contributed by atoms with Gasteiger partial charge < -0.3 is 18.9 Å². The Bertz CT molecular complexity index is 1130. The molecule has 2 aromatic carbocycles. The van der Waals surface area contributed by atoms with Crippen LogP contribution in [0.15, 0.2) is 40.9 Å². The van der Waals surface area contributed by atoms with Gasteiger partial charge in [-0.2, -0.15) is 4.98 Å². The molecule has 0 N–H and O–H groups in total. The van der Waals surface area contributed by atoms with Crippen molar-refractivity contribution >= 4 is 17.5 Å². The Balaban J connectivity index is 1.48. The largest absolute Gasteiger partial charge is 0.493 e. The molecule has 2 heterocycles. The van der Waals surface area contributed by atoms with Crippen molar-refractivity contribution in [3.63, 3.8) is 0 Å². The monoisotopic (exact) mass is 459 g/mol. The van der Waals surface area contributed by atoms with Crippen LogP contribution in [0.4, 0.5) is 4.39 Å². The molecule has 7 nitrogen and oxygen atoms in total. The highest BCUT2D eigenvalue weighted by Gasteiger charge is 2.34. The normalized spacial score (nSPS) is 16.1.